The smallest absolute Gasteiger partial charge is 0.251 e. The molecule has 0 bridgehead atoms. The van der Waals surface area contributed by atoms with Crippen molar-refractivity contribution in [3.05, 3.63) is 53.9 Å². The van der Waals surface area contributed by atoms with Gasteiger partial charge in [0.15, 0.2) is 0 Å². The van der Waals surface area contributed by atoms with Gasteiger partial charge in [-0.15, -0.1) is 0 Å². The van der Waals surface area contributed by atoms with Gasteiger partial charge in [-0.1, -0.05) is 0 Å². The highest BCUT2D eigenvalue weighted by Crippen LogP contribution is 2.29. The largest absolute Gasteiger partial charge is 0.490 e. The summed E-state index contributed by atoms with van der Waals surface area (Å²) in [7, 11) is 0. The molecule has 114 valence electrons. The molecular formula is C17H19N3O2. The van der Waals surface area contributed by atoms with Crippen LogP contribution in [0.15, 0.2) is 42.7 Å². The van der Waals surface area contributed by atoms with E-state index in [2.05, 4.69) is 15.6 Å². The minimum absolute atomic E-state index is 0.0599. The first-order valence-corrected chi connectivity index (χ1v) is 7.44. The van der Waals surface area contributed by atoms with Crippen LogP contribution in [0.3, 0.4) is 0 Å². The monoisotopic (exact) mass is 297 g/mol. The molecule has 5 nitrogen and oxygen atoms in total. The van der Waals surface area contributed by atoms with Crippen molar-refractivity contribution in [2.45, 2.75) is 19.4 Å². The Balaban J connectivity index is 1.49. The van der Waals surface area contributed by atoms with Crippen LogP contribution >= 0.6 is 0 Å². The number of fused-ring (bicyclic) bond motifs is 1. The number of hydrogen-bond donors (Lipinski definition) is 2. The first-order chi connectivity index (χ1) is 10.7. The summed E-state index contributed by atoms with van der Waals surface area (Å²) in [5, 5.41) is 6.11. The standard InChI is InChI=1S/C17H19N3O2/c1-12-9-14-10-13(4-5-16(14)22-12)17(21)20-8-7-19-15-3-2-6-18-11-15/h2-6,10-12,19H,7-9H2,1H3,(H,20,21)/t12-/m0/s1. The van der Waals surface area contributed by atoms with Crippen LogP contribution in [0.25, 0.3) is 0 Å². The van der Waals surface area contributed by atoms with Gasteiger partial charge in [-0.25, -0.2) is 0 Å². The Hall–Kier alpha value is -2.56. The summed E-state index contributed by atoms with van der Waals surface area (Å²) in [5.41, 5.74) is 2.73. The number of pyridine rings is 1. The van der Waals surface area contributed by atoms with Crippen LogP contribution in [0.2, 0.25) is 0 Å². The summed E-state index contributed by atoms with van der Waals surface area (Å²) in [6.07, 6.45) is 4.53. The summed E-state index contributed by atoms with van der Waals surface area (Å²) < 4.78 is 5.64. The summed E-state index contributed by atoms with van der Waals surface area (Å²) >= 11 is 0. The third-order valence-corrected chi connectivity index (χ3v) is 3.56. The van der Waals surface area contributed by atoms with Crippen LogP contribution in [-0.2, 0) is 6.42 Å². The molecule has 1 amide bonds. The Labute approximate surface area is 129 Å². The zero-order valence-electron chi connectivity index (χ0n) is 12.5. The summed E-state index contributed by atoms with van der Waals surface area (Å²) in [4.78, 5) is 16.2. The number of anilines is 1. The third-order valence-electron chi connectivity index (χ3n) is 3.56. The van der Waals surface area contributed by atoms with E-state index in [0.717, 1.165) is 23.4 Å². The SMILES string of the molecule is C[C@H]1Cc2cc(C(=O)NCCNc3cccnc3)ccc2O1. The second-order valence-corrected chi connectivity index (χ2v) is 5.38. The lowest BCUT2D eigenvalue weighted by Crippen LogP contribution is -2.28. The highest BCUT2D eigenvalue weighted by molar-refractivity contribution is 5.94. The molecule has 1 aliphatic heterocycles. The highest BCUT2D eigenvalue weighted by atomic mass is 16.5. The molecule has 22 heavy (non-hydrogen) atoms. The van der Waals surface area contributed by atoms with Crippen LogP contribution in [0.5, 0.6) is 5.75 Å². The maximum Gasteiger partial charge on any atom is 0.251 e. The van der Waals surface area contributed by atoms with E-state index in [9.17, 15) is 4.79 Å². The fourth-order valence-electron chi connectivity index (χ4n) is 2.52. The Morgan fingerprint density at radius 3 is 3.09 bits per heavy atom. The second kappa shape index (κ2) is 6.47. The van der Waals surface area contributed by atoms with E-state index in [4.69, 9.17) is 4.74 Å². The molecule has 2 heterocycles. The fourth-order valence-corrected chi connectivity index (χ4v) is 2.52. The molecule has 2 aromatic rings. The van der Waals surface area contributed by atoms with Crippen molar-refractivity contribution in [2.75, 3.05) is 18.4 Å². The number of carbonyl (C=O) groups excluding carboxylic acids is 1. The number of aromatic nitrogens is 1. The minimum atomic E-state index is -0.0599. The topological polar surface area (TPSA) is 63.2 Å². The van der Waals surface area contributed by atoms with E-state index in [1.165, 1.54) is 0 Å². The van der Waals surface area contributed by atoms with Gasteiger partial charge in [0.05, 0.1) is 5.69 Å². The lowest BCUT2D eigenvalue weighted by atomic mass is 10.1. The van der Waals surface area contributed by atoms with Gasteiger partial charge in [0.25, 0.3) is 5.91 Å². The summed E-state index contributed by atoms with van der Waals surface area (Å²) in [6, 6.07) is 9.41. The number of ether oxygens (including phenoxy) is 1. The van der Waals surface area contributed by atoms with Crippen molar-refractivity contribution < 1.29 is 9.53 Å². The number of nitrogens with zero attached hydrogens (tertiary/aromatic N) is 1. The zero-order chi connectivity index (χ0) is 15.4. The third kappa shape index (κ3) is 3.36. The molecule has 0 aliphatic carbocycles. The molecule has 1 aromatic carbocycles. The van der Waals surface area contributed by atoms with E-state index in [1.54, 1.807) is 18.5 Å². The van der Waals surface area contributed by atoms with Crippen molar-refractivity contribution >= 4 is 11.6 Å². The van der Waals surface area contributed by atoms with Gasteiger partial charge < -0.3 is 15.4 Å². The van der Waals surface area contributed by atoms with Gasteiger partial charge in [0, 0.05) is 37.5 Å². The molecule has 0 fully saturated rings. The van der Waals surface area contributed by atoms with Gasteiger partial charge in [-0.05, 0) is 42.8 Å². The van der Waals surface area contributed by atoms with E-state index in [-0.39, 0.29) is 12.0 Å². The first-order valence-electron chi connectivity index (χ1n) is 7.44. The molecule has 0 saturated carbocycles. The van der Waals surface area contributed by atoms with E-state index >= 15 is 0 Å². The number of hydrogen-bond acceptors (Lipinski definition) is 4. The summed E-state index contributed by atoms with van der Waals surface area (Å²) in [5.74, 6) is 0.831. The van der Waals surface area contributed by atoms with Crippen LogP contribution in [0.1, 0.15) is 22.8 Å². The first kappa shape index (κ1) is 14.4. The van der Waals surface area contributed by atoms with Crippen LogP contribution in [0.4, 0.5) is 5.69 Å². The van der Waals surface area contributed by atoms with Crippen molar-refractivity contribution in [3.8, 4) is 5.75 Å². The molecule has 0 spiro atoms. The maximum atomic E-state index is 12.1. The highest BCUT2D eigenvalue weighted by Gasteiger charge is 2.20. The summed E-state index contributed by atoms with van der Waals surface area (Å²) in [6.45, 7) is 3.24. The molecule has 0 unspecified atom stereocenters. The fraction of sp³-hybridized carbons (Fsp3) is 0.294. The van der Waals surface area contributed by atoms with Gasteiger partial charge in [0.2, 0.25) is 0 Å². The lowest BCUT2D eigenvalue weighted by molar-refractivity contribution is 0.0955. The lowest BCUT2D eigenvalue weighted by Gasteiger charge is -2.08. The van der Waals surface area contributed by atoms with Crippen LogP contribution < -0.4 is 15.4 Å². The van der Waals surface area contributed by atoms with E-state index in [0.29, 0.717) is 18.7 Å². The maximum absolute atomic E-state index is 12.1. The van der Waals surface area contributed by atoms with Crippen molar-refractivity contribution in [1.29, 1.82) is 0 Å². The van der Waals surface area contributed by atoms with Gasteiger partial charge in [-0.3, -0.25) is 9.78 Å². The number of nitrogens with one attached hydrogen (secondary N) is 2. The predicted octanol–water partition coefficient (Wildman–Crippen LogP) is 2.25. The number of benzene rings is 1. The Bertz CT molecular complexity index is 658. The predicted molar refractivity (Wildman–Crippen MR) is 85.3 cm³/mol. The number of amides is 1. The molecular weight excluding hydrogens is 278 g/mol. The van der Waals surface area contributed by atoms with Crippen molar-refractivity contribution in [1.82, 2.24) is 10.3 Å². The molecule has 5 heteroatoms. The van der Waals surface area contributed by atoms with E-state index < -0.39 is 0 Å². The van der Waals surface area contributed by atoms with Crippen LogP contribution in [-0.4, -0.2) is 30.1 Å². The second-order valence-electron chi connectivity index (χ2n) is 5.38. The molecule has 3 rings (SSSR count). The van der Waals surface area contributed by atoms with Gasteiger partial charge >= 0.3 is 0 Å². The molecule has 0 saturated heterocycles. The molecule has 1 aliphatic rings. The molecule has 1 aromatic heterocycles. The number of rotatable bonds is 5. The molecule has 2 N–H and O–H groups in total. The Morgan fingerprint density at radius 2 is 2.27 bits per heavy atom. The van der Waals surface area contributed by atoms with Crippen molar-refractivity contribution in [2.24, 2.45) is 0 Å². The average molecular weight is 297 g/mol. The quantitative estimate of drug-likeness (QED) is 0.831. The van der Waals surface area contributed by atoms with Crippen LogP contribution in [0, 0.1) is 0 Å². The normalized spacial score (nSPS) is 15.8. The molecule has 1 atom stereocenters. The van der Waals surface area contributed by atoms with Gasteiger partial charge in [0.1, 0.15) is 11.9 Å². The molecule has 0 radical (unpaired) electrons. The minimum Gasteiger partial charge on any atom is -0.490 e. The van der Waals surface area contributed by atoms with Crippen molar-refractivity contribution in [3.63, 3.8) is 0 Å². The van der Waals surface area contributed by atoms with Gasteiger partial charge in [-0.2, -0.15) is 0 Å². The van der Waals surface area contributed by atoms with E-state index in [1.807, 2.05) is 31.2 Å². The Morgan fingerprint density at radius 1 is 1.36 bits per heavy atom. The zero-order valence-corrected chi connectivity index (χ0v) is 12.5. The number of carbonyl (C=O) groups is 1. The Kier molecular flexibility index (Phi) is 4.23. The average Bonchev–Trinajstić information content (AvgIpc) is 2.91.